The molecule has 2 atom stereocenters. The molecule has 2 unspecified atom stereocenters. The Kier molecular flexibility index (Phi) is 2.23. The molecule has 1 saturated heterocycles. The summed E-state index contributed by atoms with van der Waals surface area (Å²) in [5.41, 5.74) is 8.77. The van der Waals surface area contributed by atoms with Crippen molar-refractivity contribution >= 4 is 10.9 Å². The Hall–Kier alpha value is -1.32. The summed E-state index contributed by atoms with van der Waals surface area (Å²) in [6.07, 6.45) is 2.12. The molecule has 3 heteroatoms. The number of benzene rings is 1. The van der Waals surface area contributed by atoms with Crippen LogP contribution in [-0.4, -0.2) is 36.1 Å². The molecular formula is C13H17N3. The lowest BCUT2D eigenvalue weighted by molar-refractivity contribution is 0.408. The number of aromatic amines is 1. The van der Waals surface area contributed by atoms with Crippen LogP contribution < -0.4 is 5.73 Å². The van der Waals surface area contributed by atoms with Gasteiger partial charge in [0.15, 0.2) is 0 Å². The van der Waals surface area contributed by atoms with Crippen molar-refractivity contribution in [2.45, 2.75) is 12.0 Å². The third-order valence-electron chi connectivity index (χ3n) is 3.57. The molecule has 0 spiro atoms. The van der Waals surface area contributed by atoms with Crippen molar-refractivity contribution in [3.05, 3.63) is 36.0 Å². The van der Waals surface area contributed by atoms with Crippen molar-refractivity contribution in [3.8, 4) is 0 Å². The Labute approximate surface area is 95.2 Å². The first-order valence-corrected chi connectivity index (χ1v) is 5.76. The van der Waals surface area contributed by atoms with Crippen LogP contribution in [0.25, 0.3) is 10.9 Å². The van der Waals surface area contributed by atoms with Gasteiger partial charge in [0.2, 0.25) is 0 Å². The summed E-state index contributed by atoms with van der Waals surface area (Å²) in [5, 5.41) is 1.32. The number of likely N-dealkylation sites (tertiary alicyclic amines) is 1. The van der Waals surface area contributed by atoms with Crippen LogP contribution in [0.5, 0.6) is 0 Å². The molecule has 84 valence electrons. The number of rotatable bonds is 1. The minimum atomic E-state index is 0.254. The van der Waals surface area contributed by atoms with Gasteiger partial charge in [-0.05, 0) is 18.7 Å². The molecule has 1 aromatic carbocycles. The first kappa shape index (κ1) is 9.87. The summed E-state index contributed by atoms with van der Waals surface area (Å²) >= 11 is 0. The number of nitrogens with zero attached hydrogens (tertiary/aromatic N) is 1. The van der Waals surface area contributed by atoms with Crippen LogP contribution >= 0.6 is 0 Å². The average molecular weight is 215 g/mol. The van der Waals surface area contributed by atoms with Gasteiger partial charge in [-0.25, -0.2) is 0 Å². The van der Waals surface area contributed by atoms with E-state index in [4.69, 9.17) is 5.73 Å². The normalized spacial score (nSPS) is 26.6. The third kappa shape index (κ3) is 1.44. The average Bonchev–Trinajstić information content (AvgIpc) is 2.81. The highest BCUT2D eigenvalue weighted by Crippen LogP contribution is 2.31. The van der Waals surface area contributed by atoms with E-state index in [0.717, 1.165) is 13.1 Å². The van der Waals surface area contributed by atoms with E-state index in [1.165, 1.54) is 16.5 Å². The molecule has 16 heavy (non-hydrogen) atoms. The second-order valence-corrected chi connectivity index (χ2v) is 4.78. The SMILES string of the molecule is CN1CC(N)C(c2c[nH]c3ccccc23)C1. The molecule has 1 aliphatic heterocycles. The van der Waals surface area contributed by atoms with Crippen LogP contribution in [0.15, 0.2) is 30.5 Å². The molecule has 0 saturated carbocycles. The number of nitrogens with two attached hydrogens (primary N) is 1. The molecule has 3 rings (SSSR count). The van der Waals surface area contributed by atoms with Gasteiger partial charge in [0.1, 0.15) is 0 Å². The Bertz CT molecular complexity index is 503. The van der Waals surface area contributed by atoms with Crippen LogP contribution in [0.1, 0.15) is 11.5 Å². The van der Waals surface area contributed by atoms with Gasteiger partial charge in [0, 0.05) is 42.1 Å². The van der Waals surface area contributed by atoms with Gasteiger partial charge < -0.3 is 15.6 Å². The number of nitrogens with one attached hydrogen (secondary N) is 1. The van der Waals surface area contributed by atoms with Crippen molar-refractivity contribution in [1.29, 1.82) is 0 Å². The number of fused-ring (bicyclic) bond motifs is 1. The maximum absolute atomic E-state index is 6.20. The van der Waals surface area contributed by atoms with E-state index in [0.29, 0.717) is 5.92 Å². The summed E-state index contributed by atoms with van der Waals surface area (Å²) in [6, 6.07) is 8.69. The number of hydrogen-bond acceptors (Lipinski definition) is 2. The van der Waals surface area contributed by atoms with E-state index in [-0.39, 0.29) is 6.04 Å². The monoisotopic (exact) mass is 215 g/mol. The van der Waals surface area contributed by atoms with Crippen LogP contribution in [0.2, 0.25) is 0 Å². The van der Waals surface area contributed by atoms with Gasteiger partial charge in [-0.3, -0.25) is 0 Å². The lowest BCUT2D eigenvalue weighted by Crippen LogP contribution is -2.27. The Balaban J connectivity index is 2.06. The molecule has 1 aromatic heterocycles. The summed E-state index contributed by atoms with van der Waals surface area (Å²) in [6.45, 7) is 2.05. The van der Waals surface area contributed by atoms with Crippen molar-refractivity contribution in [1.82, 2.24) is 9.88 Å². The Morgan fingerprint density at radius 2 is 2.12 bits per heavy atom. The van der Waals surface area contributed by atoms with Gasteiger partial charge in [-0.15, -0.1) is 0 Å². The minimum Gasteiger partial charge on any atom is -0.361 e. The number of para-hydroxylation sites is 1. The number of H-pyrrole nitrogens is 1. The van der Waals surface area contributed by atoms with E-state index < -0.39 is 0 Å². The maximum Gasteiger partial charge on any atom is 0.0456 e. The van der Waals surface area contributed by atoms with Crippen molar-refractivity contribution in [2.75, 3.05) is 20.1 Å². The van der Waals surface area contributed by atoms with E-state index in [1.807, 2.05) is 0 Å². The zero-order valence-electron chi connectivity index (χ0n) is 9.48. The lowest BCUT2D eigenvalue weighted by Gasteiger charge is -2.13. The molecule has 3 N–H and O–H groups in total. The molecule has 1 fully saturated rings. The standard InChI is InChI=1S/C13H17N3/c1-16-7-11(12(14)8-16)10-6-15-13-5-3-2-4-9(10)13/h2-6,11-12,15H,7-8,14H2,1H3. The molecule has 0 bridgehead atoms. The van der Waals surface area contributed by atoms with Gasteiger partial charge in [-0.2, -0.15) is 0 Å². The van der Waals surface area contributed by atoms with Crippen molar-refractivity contribution < 1.29 is 0 Å². The molecule has 2 aromatic rings. The molecule has 3 nitrogen and oxygen atoms in total. The lowest BCUT2D eigenvalue weighted by atomic mass is 9.94. The maximum atomic E-state index is 6.20. The molecule has 0 amide bonds. The molecule has 0 radical (unpaired) electrons. The van der Waals surface area contributed by atoms with Crippen molar-refractivity contribution in [2.24, 2.45) is 5.73 Å². The Morgan fingerprint density at radius 3 is 2.88 bits per heavy atom. The highest BCUT2D eigenvalue weighted by molar-refractivity contribution is 5.83. The predicted octanol–water partition coefficient (Wildman–Crippen LogP) is 1.52. The first-order chi connectivity index (χ1) is 7.75. The van der Waals surface area contributed by atoms with Gasteiger partial charge >= 0.3 is 0 Å². The number of aromatic nitrogens is 1. The Morgan fingerprint density at radius 1 is 1.31 bits per heavy atom. The van der Waals surface area contributed by atoms with Crippen LogP contribution in [0.4, 0.5) is 0 Å². The fourth-order valence-corrected chi connectivity index (χ4v) is 2.76. The minimum absolute atomic E-state index is 0.254. The van der Waals surface area contributed by atoms with E-state index >= 15 is 0 Å². The van der Waals surface area contributed by atoms with E-state index in [9.17, 15) is 0 Å². The second-order valence-electron chi connectivity index (χ2n) is 4.78. The van der Waals surface area contributed by atoms with Crippen LogP contribution in [0, 0.1) is 0 Å². The molecular weight excluding hydrogens is 198 g/mol. The van der Waals surface area contributed by atoms with Gasteiger partial charge in [0.05, 0.1) is 0 Å². The van der Waals surface area contributed by atoms with Crippen LogP contribution in [-0.2, 0) is 0 Å². The fourth-order valence-electron chi connectivity index (χ4n) is 2.76. The largest absolute Gasteiger partial charge is 0.361 e. The summed E-state index contributed by atoms with van der Waals surface area (Å²) in [5.74, 6) is 0.459. The third-order valence-corrected chi connectivity index (χ3v) is 3.57. The number of likely N-dealkylation sites (N-methyl/N-ethyl adjacent to an activating group) is 1. The van der Waals surface area contributed by atoms with Gasteiger partial charge in [-0.1, -0.05) is 18.2 Å². The van der Waals surface area contributed by atoms with E-state index in [1.54, 1.807) is 0 Å². The summed E-state index contributed by atoms with van der Waals surface area (Å²) in [7, 11) is 2.13. The highest BCUT2D eigenvalue weighted by atomic mass is 15.1. The second kappa shape index (κ2) is 3.61. The van der Waals surface area contributed by atoms with Crippen LogP contribution in [0.3, 0.4) is 0 Å². The van der Waals surface area contributed by atoms with E-state index in [2.05, 4.69) is 47.4 Å². The van der Waals surface area contributed by atoms with Gasteiger partial charge in [0.25, 0.3) is 0 Å². The first-order valence-electron chi connectivity index (χ1n) is 5.76. The zero-order chi connectivity index (χ0) is 11.1. The predicted molar refractivity (Wildman–Crippen MR) is 66.5 cm³/mol. The summed E-state index contributed by atoms with van der Waals surface area (Å²) < 4.78 is 0. The quantitative estimate of drug-likeness (QED) is 0.757. The smallest absolute Gasteiger partial charge is 0.0456 e. The fraction of sp³-hybridized carbons (Fsp3) is 0.385. The summed E-state index contributed by atoms with van der Waals surface area (Å²) in [4.78, 5) is 5.63. The molecule has 2 heterocycles. The highest BCUT2D eigenvalue weighted by Gasteiger charge is 2.30. The topological polar surface area (TPSA) is 45.0 Å². The zero-order valence-corrected chi connectivity index (χ0v) is 9.48. The van der Waals surface area contributed by atoms with Crippen molar-refractivity contribution in [3.63, 3.8) is 0 Å². The number of hydrogen-bond donors (Lipinski definition) is 2. The molecule has 0 aliphatic carbocycles. The molecule has 1 aliphatic rings.